The van der Waals surface area contributed by atoms with Crippen LogP contribution >= 0.6 is 11.8 Å². The van der Waals surface area contributed by atoms with E-state index in [1.54, 1.807) is 12.1 Å². The maximum Gasteiger partial charge on any atom is 0.328 e. The zero-order valence-corrected chi connectivity index (χ0v) is 13.6. The van der Waals surface area contributed by atoms with Gasteiger partial charge in [-0.15, -0.1) is 11.8 Å². The number of carbonyl (C=O) groups is 3. The van der Waals surface area contributed by atoms with Crippen molar-refractivity contribution in [1.82, 2.24) is 5.32 Å². The molecule has 120 valence electrons. The number of hydrogen-bond donors (Lipinski definition) is 3. The van der Waals surface area contributed by atoms with E-state index in [2.05, 4.69) is 10.6 Å². The smallest absolute Gasteiger partial charge is 0.328 e. The molecule has 0 unspecified atom stereocenters. The fourth-order valence-electron chi connectivity index (χ4n) is 1.51. The zero-order chi connectivity index (χ0) is 16.8. The molecule has 0 saturated carbocycles. The van der Waals surface area contributed by atoms with Gasteiger partial charge in [-0.25, -0.2) is 4.79 Å². The molecule has 0 aliphatic carbocycles. The Hall–Kier alpha value is -2.02. The van der Waals surface area contributed by atoms with Gasteiger partial charge in [0.05, 0.1) is 11.5 Å². The molecule has 0 aromatic heterocycles. The van der Waals surface area contributed by atoms with Gasteiger partial charge in [-0.1, -0.05) is 17.7 Å². The third-order valence-corrected chi connectivity index (χ3v) is 3.72. The first kappa shape index (κ1) is 18.0. The first-order valence-corrected chi connectivity index (χ1v) is 7.85. The molecule has 0 heterocycles. The highest BCUT2D eigenvalue weighted by atomic mass is 32.2. The third-order valence-electron chi connectivity index (χ3n) is 2.79. The number of anilines is 1. The van der Waals surface area contributed by atoms with Crippen LogP contribution in [0.2, 0.25) is 0 Å². The summed E-state index contributed by atoms with van der Waals surface area (Å²) in [6.07, 6.45) is 0. The van der Waals surface area contributed by atoms with Crippen LogP contribution in [-0.2, 0) is 14.4 Å². The second-order valence-electron chi connectivity index (χ2n) is 5.39. The Labute approximate surface area is 133 Å². The van der Waals surface area contributed by atoms with Crippen molar-refractivity contribution in [1.29, 1.82) is 0 Å². The summed E-state index contributed by atoms with van der Waals surface area (Å²) in [5, 5.41) is 14.0. The molecule has 22 heavy (non-hydrogen) atoms. The second-order valence-corrected chi connectivity index (χ2v) is 6.37. The summed E-state index contributed by atoms with van der Waals surface area (Å²) in [7, 11) is 0. The minimum absolute atomic E-state index is 0.0258. The molecule has 0 radical (unpaired) electrons. The topological polar surface area (TPSA) is 95.5 Å². The van der Waals surface area contributed by atoms with Crippen molar-refractivity contribution in [2.45, 2.75) is 26.3 Å². The van der Waals surface area contributed by atoms with Crippen LogP contribution < -0.4 is 10.6 Å². The highest BCUT2D eigenvalue weighted by molar-refractivity contribution is 8.00. The number of benzene rings is 1. The van der Waals surface area contributed by atoms with Gasteiger partial charge in [-0.2, -0.15) is 0 Å². The minimum Gasteiger partial charge on any atom is -0.480 e. The summed E-state index contributed by atoms with van der Waals surface area (Å²) in [4.78, 5) is 34.2. The molecule has 0 spiro atoms. The van der Waals surface area contributed by atoms with Crippen LogP contribution in [-0.4, -0.2) is 39.9 Å². The van der Waals surface area contributed by atoms with Crippen molar-refractivity contribution < 1.29 is 19.5 Å². The molecular formula is C15H20N2O4S. The van der Waals surface area contributed by atoms with Crippen molar-refractivity contribution in [3.8, 4) is 0 Å². The zero-order valence-electron chi connectivity index (χ0n) is 12.8. The summed E-state index contributed by atoms with van der Waals surface area (Å²) in [6, 6.07) is 7.40. The number of aryl methyl sites for hydroxylation is 1. The molecule has 0 bridgehead atoms. The molecule has 3 N–H and O–H groups in total. The Bertz CT molecular complexity index is 555. The lowest BCUT2D eigenvalue weighted by atomic mass is 10.1. The standard InChI is InChI=1S/C15H20N2O4S/c1-10-4-6-11(7-5-10)16-12(18)8-22-9-13(19)17-15(2,3)14(20)21/h4-7H,8-9H2,1-3H3,(H,16,18)(H,17,19)(H,20,21). The Kier molecular flexibility index (Phi) is 6.42. The van der Waals surface area contributed by atoms with Crippen LogP contribution in [0.3, 0.4) is 0 Å². The number of carbonyl (C=O) groups excluding carboxylic acids is 2. The van der Waals surface area contributed by atoms with Crippen LogP contribution in [0.5, 0.6) is 0 Å². The van der Waals surface area contributed by atoms with E-state index in [1.165, 1.54) is 13.8 Å². The Morgan fingerprint density at radius 1 is 1.09 bits per heavy atom. The van der Waals surface area contributed by atoms with Crippen LogP contribution in [0.15, 0.2) is 24.3 Å². The number of hydrogen-bond acceptors (Lipinski definition) is 4. The molecular weight excluding hydrogens is 304 g/mol. The van der Waals surface area contributed by atoms with Crippen LogP contribution in [0.25, 0.3) is 0 Å². The predicted molar refractivity (Wildman–Crippen MR) is 87.0 cm³/mol. The summed E-state index contributed by atoms with van der Waals surface area (Å²) in [5.74, 6) is -1.59. The average molecular weight is 324 g/mol. The van der Waals surface area contributed by atoms with Gasteiger partial charge < -0.3 is 15.7 Å². The van der Waals surface area contributed by atoms with Gasteiger partial charge in [0.2, 0.25) is 11.8 Å². The van der Waals surface area contributed by atoms with E-state index in [9.17, 15) is 14.4 Å². The molecule has 0 saturated heterocycles. The van der Waals surface area contributed by atoms with Crippen molar-refractivity contribution in [2.24, 2.45) is 0 Å². The number of rotatable bonds is 7. The fraction of sp³-hybridized carbons (Fsp3) is 0.400. The number of nitrogens with one attached hydrogen (secondary N) is 2. The summed E-state index contributed by atoms with van der Waals surface area (Å²) >= 11 is 1.13. The minimum atomic E-state index is -1.32. The highest BCUT2D eigenvalue weighted by Gasteiger charge is 2.28. The molecule has 1 aromatic rings. The summed E-state index contributed by atoms with van der Waals surface area (Å²) in [5.41, 5.74) is 0.486. The predicted octanol–water partition coefficient (Wildman–Crippen LogP) is 1.65. The lowest BCUT2D eigenvalue weighted by Crippen LogP contribution is -2.50. The van der Waals surface area contributed by atoms with E-state index in [0.29, 0.717) is 5.69 Å². The Morgan fingerprint density at radius 2 is 1.64 bits per heavy atom. The summed E-state index contributed by atoms with van der Waals surface area (Å²) in [6.45, 7) is 4.77. The van der Waals surface area contributed by atoms with Crippen LogP contribution in [0.1, 0.15) is 19.4 Å². The van der Waals surface area contributed by atoms with Crippen molar-refractivity contribution in [2.75, 3.05) is 16.8 Å². The van der Waals surface area contributed by atoms with Gasteiger partial charge in [0, 0.05) is 5.69 Å². The normalized spacial score (nSPS) is 10.9. The van der Waals surface area contributed by atoms with Gasteiger partial charge in [-0.3, -0.25) is 9.59 Å². The van der Waals surface area contributed by atoms with E-state index < -0.39 is 17.4 Å². The highest BCUT2D eigenvalue weighted by Crippen LogP contribution is 2.10. The molecule has 0 fully saturated rings. The number of carboxylic acid groups (broad SMARTS) is 1. The van der Waals surface area contributed by atoms with Gasteiger partial charge in [0.15, 0.2) is 0 Å². The quantitative estimate of drug-likeness (QED) is 0.709. The van der Waals surface area contributed by atoms with Crippen LogP contribution in [0.4, 0.5) is 5.69 Å². The maximum atomic E-state index is 11.7. The Balaban J connectivity index is 2.31. The lowest BCUT2D eigenvalue weighted by Gasteiger charge is -2.20. The molecule has 1 aromatic carbocycles. The van der Waals surface area contributed by atoms with Crippen molar-refractivity contribution >= 4 is 35.2 Å². The van der Waals surface area contributed by atoms with E-state index in [0.717, 1.165) is 17.3 Å². The van der Waals surface area contributed by atoms with E-state index >= 15 is 0 Å². The summed E-state index contributed by atoms with van der Waals surface area (Å²) < 4.78 is 0. The lowest BCUT2D eigenvalue weighted by molar-refractivity contribution is -0.145. The number of amides is 2. The van der Waals surface area contributed by atoms with E-state index in [4.69, 9.17) is 5.11 Å². The largest absolute Gasteiger partial charge is 0.480 e. The molecule has 1 rings (SSSR count). The third kappa shape index (κ3) is 6.17. The van der Waals surface area contributed by atoms with Crippen molar-refractivity contribution in [3.63, 3.8) is 0 Å². The second kappa shape index (κ2) is 7.84. The molecule has 0 aliphatic rings. The van der Waals surface area contributed by atoms with Crippen LogP contribution in [0, 0.1) is 6.92 Å². The van der Waals surface area contributed by atoms with E-state index in [1.807, 2.05) is 19.1 Å². The van der Waals surface area contributed by atoms with Gasteiger partial charge in [0.1, 0.15) is 5.54 Å². The number of thioether (sulfide) groups is 1. The molecule has 2 amide bonds. The fourth-order valence-corrected chi connectivity index (χ4v) is 2.13. The van der Waals surface area contributed by atoms with Gasteiger partial charge in [0.25, 0.3) is 0 Å². The number of aliphatic carboxylic acids is 1. The average Bonchev–Trinajstić information content (AvgIpc) is 2.40. The first-order valence-electron chi connectivity index (χ1n) is 6.69. The Morgan fingerprint density at radius 3 is 2.18 bits per heavy atom. The maximum absolute atomic E-state index is 11.7. The number of carboxylic acids is 1. The molecule has 0 aliphatic heterocycles. The SMILES string of the molecule is Cc1ccc(NC(=O)CSCC(=O)NC(C)(C)C(=O)O)cc1. The van der Waals surface area contributed by atoms with Gasteiger partial charge in [-0.05, 0) is 32.9 Å². The van der Waals surface area contributed by atoms with Gasteiger partial charge >= 0.3 is 5.97 Å². The molecule has 6 nitrogen and oxygen atoms in total. The van der Waals surface area contributed by atoms with E-state index in [-0.39, 0.29) is 17.4 Å². The first-order chi connectivity index (χ1) is 10.2. The monoisotopic (exact) mass is 324 g/mol. The molecule has 7 heteroatoms. The van der Waals surface area contributed by atoms with Crippen molar-refractivity contribution in [3.05, 3.63) is 29.8 Å². The molecule has 0 atom stereocenters.